The zero-order chi connectivity index (χ0) is 77.8. The molecule has 21 saturated heterocycles. The maximum absolute atomic E-state index is 13.6. The van der Waals surface area contributed by atoms with Gasteiger partial charge in [-0.15, -0.1) is 22.7 Å². The minimum absolute atomic E-state index is 0.0168. The lowest BCUT2D eigenvalue weighted by molar-refractivity contribution is -0.396. The number of aliphatic hydroxyl groups excluding tert-OH is 19. The van der Waals surface area contributed by atoms with E-state index >= 15 is 0 Å². The molecule has 0 saturated carbocycles. The smallest absolute Gasteiger partial charge is 0.187 e. The van der Waals surface area contributed by atoms with E-state index in [0.29, 0.717) is 44.8 Å². The Hall–Kier alpha value is -3.65. The summed E-state index contributed by atoms with van der Waals surface area (Å²) in [6, 6.07) is 4.84. The van der Waals surface area contributed by atoms with Crippen molar-refractivity contribution in [1.82, 2.24) is 15.3 Å². The van der Waals surface area contributed by atoms with Crippen LogP contribution in [0.5, 0.6) is 0 Å². The Bertz CT molecular complexity index is 3280. The van der Waals surface area contributed by atoms with Crippen molar-refractivity contribution >= 4 is 39.8 Å². The van der Waals surface area contributed by atoms with Crippen molar-refractivity contribution in [2.75, 3.05) is 50.2 Å². The molecule has 3 aromatic rings. The Morgan fingerprint density at radius 3 is 1.17 bits per heavy atom. The molecule has 36 atom stereocenters. The molecular weight excluding hydrogens is 1500 g/mol. The highest BCUT2D eigenvalue weighted by Gasteiger charge is 2.60. The summed E-state index contributed by atoms with van der Waals surface area (Å²) >= 11 is 2.62. The van der Waals surface area contributed by atoms with E-state index in [0.717, 1.165) is 19.3 Å². The molecule has 42 heteroatoms. The highest BCUT2D eigenvalue weighted by molar-refractivity contribution is 7.09. The van der Waals surface area contributed by atoms with Crippen LogP contribution in [0.2, 0.25) is 0 Å². The number of thiazole rings is 2. The average Bonchev–Trinajstić information content (AvgIpc) is 1.35. The van der Waals surface area contributed by atoms with Crippen LogP contribution < -0.4 is 21.7 Å². The first-order valence-corrected chi connectivity index (χ1v) is 38.3. The molecule has 24 N–H and O–H groups in total. The lowest BCUT2D eigenvalue weighted by Crippen LogP contribution is -2.68. The number of carbonyl (C=O) groups excluding carboxylic acids is 1. The van der Waals surface area contributed by atoms with E-state index in [1.54, 1.807) is 5.38 Å². The lowest BCUT2D eigenvalue weighted by atomic mass is 9.93. The summed E-state index contributed by atoms with van der Waals surface area (Å²) < 4.78 is 84.6. The molecule has 0 amide bonds. The first-order valence-electron chi connectivity index (χ1n) is 36.5. The molecule has 109 heavy (non-hydrogen) atoms. The number of aliphatic hydroxyl groups is 19. The fourth-order valence-electron chi connectivity index (χ4n) is 14.9. The van der Waals surface area contributed by atoms with Crippen LogP contribution in [0.1, 0.15) is 72.4 Å². The summed E-state index contributed by atoms with van der Waals surface area (Å²) in [5, 5.41) is 235. The fourth-order valence-corrected chi connectivity index (χ4v) is 16.4. The normalized spacial score (nSPS) is 44.0. The van der Waals surface area contributed by atoms with Gasteiger partial charge in [-0.3, -0.25) is 4.79 Å². The Morgan fingerprint density at radius 1 is 0.440 bits per heavy atom. The second-order valence-corrected chi connectivity index (χ2v) is 30.5. The summed E-state index contributed by atoms with van der Waals surface area (Å²) in [6.07, 6.45) is -66.1. The first kappa shape index (κ1) is 84.7. The van der Waals surface area contributed by atoms with Gasteiger partial charge in [0, 0.05) is 41.6 Å². The van der Waals surface area contributed by atoms with Crippen LogP contribution in [0.25, 0.3) is 0 Å². The van der Waals surface area contributed by atoms with E-state index in [9.17, 15) is 102 Å². The van der Waals surface area contributed by atoms with Crippen LogP contribution >= 0.6 is 22.7 Å². The molecule has 21 fully saturated rings. The predicted octanol–water partition coefficient (Wildman–Crippen LogP) is -8.93. The van der Waals surface area contributed by atoms with Crippen molar-refractivity contribution in [2.45, 2.75) is 299 Å². The maximum Gasteiger partial charge on any atom is 0.187 e. The molecule has 0 spiro atoms. The number of nitrogens with zero attached hydrogens (tertiary/aromatic N) is 2. The largest absolute Gasteiger partial charge is 0.394 e. The highest BCUT2D eigenvalue weighted by Crippen LogP contribution is 2.40. The molecular formula is C67H102N6O34S2. The van der Waals surface area contributed by atoms with E-state index in [-0.39, 0.29) is 57.6 Å². The van der Waals surface area contributed by atoms with E-state index in [1.807, 2.05) is 23.6 Å². The molecule has 40 nitrogen and oxygen atoms in total. The number of rotatable bonds is 12. The van der Waals surface area contributed by atoms with Gasteiger partial charge in [0.2, 0.25) is 0 Å². The Kier molecular flexibility index (Phi) is 29.5. The zero-order valence-corrected chi connectivity index (χ0v) is 60.7. The monoisotopic (exact) mass is 1600 g/mol. The summed E-state index contributed by atoms with van der Waals surface area (Å²) in [7, 11) is 0. The van der Waals surface area contributed by atoms with Crippen LogP contribution in [0.3, 0.4) is 0 Å². The van der Waals surface area contributed by atoms with Gasteiger partial charge in [-0.25, -0.2) is 9.97 Å². The Labute approximate surface area is 631 Å². The van der Waals surface area contributed by atoms with Gasteiger partial charge in [0.15, 0.2) is 49.8 Å². The molecule has 1 aromatic carbocycles. The minimum Gasteiger partial charge on any atom is -0.394 e. The topological polar surface area (TPSA) is 619 Å². The third-order valence-corrected chi connectivity index (χ3v) is 22.8. The molecule has 616 valence electrons. The average molecular weight is 1600 g/mol. The molecule has 0 aliphatic carbocycles. The second kappa shape index (κ2) is 38.0. The lowest BCUT2D eigenvalue weighted by Gasteiger charge is -2.50. The summed E-state index contributed by atoms with van der Waals surface area (Å²) in [5.74, 6) is -0.147. The van der Waals surface area contributed by atoms with Crippen molar-refractivity contribution in [2.24, 2.45) is 5.73 Å². The van der Waals surface area contributed by atoms with Gasteiger partial charge in [0.05, 0.1) is 69.7 Å². The van der Waals surface area contributed by atoms with Gasteiger partial charge in [-0.05, 0) is 49.4 Å². The number of nitrogens with one attached hydrogen (secondary N) is 3. The van der Waals surface area contributed by atoms with Crippen molar-refractivity contribution in [3.8, 4) is 0 Å². The number of benzene rings is 1. The molecule has 26 heterocycles. The molecule has 27 rings (SSSR count). The van der Waals surface area contributed by atoms with Crippen LogP contribution in [0, 0.1) is 0 Å². The number of Topliss-reactive ketones (excluding diaryl/α,β-unsaturated/α-hetero) is 1. The van der Waals surface area contributed by atoms with Crippen molar-refractivity contribution in [1.29, 1.82) is 0 Å². The van der Waals surface area contributed by atoms with E-state index in [2.05, 4.69) is 22.9 Å². The van der Waals surface area contributed by atoms with Crippen LogP contribution in [-0.2, 0) is 104 Å². The number of hydrogen-bond acceptors (Lipinski definition) is 42. The quantitative estimate of drug-likeness (QED) is 0.0749. The maximum atomic E-state index is 13.6. The van der Waals surface area contributed by atoms with E-state index in [4.69, 9.17) is 82.0 Å². The number of anilines is 2. The first-order chi connectivity index (χ1) is 52.3. The van der Waals surface area contributed by atoms with Gasteiger partial charge < -0.3 is 185 Å². The number of aryl methyl sites for hydroxylation is 1. The Morgan fingerprint density at radius 2 is 0.780 bits per heavy atom. The third kappa shape index (κ3) is 19.1. The van der Waals surface area contributed by atoms with Gasteiger partial charge >= 0.3 is 0 Å². The predicted molar refractivity (Wildman–Crippen MR) is 365 cm³/mol. The molecule has 2 aromatic heterocycles. The van der Waals surface area contributed by atoms with Gasteiger partial charge in [-0.1, -0.05) is 26.2 Å². The van der Waals surface area contributed by atoms with Crippen LogP contribution in [0.15, 0.2) is 29.0 Å². The Balaban J connectivity index is 0.906. The van der Waals surface area contributed by atoms with Crippen molar-refractivity contribution < 1.29 is 168 Å². The SMILES string of the molecule is CCCCCC(N)C(=O)Cc1cc2cc(c1)NCc1nc(cs1)CNCC1OC3OC4C(CO)OC(OC5C(CO)OC(OC6C(CCCc7csc(n7)CN2)OC(OC2C(CO)OC(OC7C(CO)OC(OC8C(CO)OC(OC1C(O)C3O)C(O)C8O)C(O)C7O)C(O)C2O)C(O)C6O)C(O)C5O)C(O)C4O. The number of aromatic nitrogens is 2. The van der Waals surface area contributed by atoms with E-state index < -0.39 is 254 Å². The second-order valence-electron chi connectivity index (χ2n) is 28.6. The van der Waals surface area contributed by atoms with Gasteiger partial charge in [0.1, 0.15) is 175 Å². The van der Waals surface area contributed by atoms with Gasteiger partial charge in [0.25, 0.3) is 0 Å². The van der Waals surface area contributed by atoms with Gasteiger partial charge in [-0.2, -0.15) is 0 Å². The van der Waals surface area contributed by atoms with Crippen LogP contribution in [0.4, 0.5) is 11.4 Å². The molecule has 22 bridgehead atoms. The molecule has 36 unspecified atom stereocenters. The number of nitrogens with two attached hydrogens (primary N) is 1. The molecule has 0 radical (unpaired) electrons. The minimum atomic E-state index is -2.22. The number of unbranched alkanes of at least 4 members (excludes halogenated alkanes) is 2. The number of carbonyl (C=O) groups is 1. The zero-order valence-electron chi connectivity index (χ0n) is 59.1. The summed E-state index contributed by atoms with van der Waals surface area (Å²) in [4.78, 5) is 23.3. The molecule has 24 aliphatic rings. The van der Waals surface area contributed by atoms with E-state index in [1.165, 1.54) is 22.7 Å². The number of hydrogen-bond donors (Lipinski definition) is 23. The fraction of sp³-hybridized carbons (Fsp3) is 0.806. The standard InChI is InChI=1S/C67H102N6O34S2/c1-2-3-4-7-29(68)30(79)11-24-9-26-12-27(10-24)71-16-39-73-28(23-109-39)13-69-14-32-55-41(81)48(88)62(95-32)104-57-34(18-75)99-66(52(92)45(57)85)105-58-35(19-76)96-63(49(89)42(58)82)101-54-31(8-5-6-25-22-108-38(72-25)15-70-26)94-61(47(87)40(54)80)103-56-33(17-74)98-65(51(91)44(56)84)107-60-37(21-78)100-67(53(93)46(60)86)106-59-36(20-77)97-64(102-55)50(90)43(59)83/h9-10,12,22-23,29,31-37,40-67,69-71,74-78,80-93H,2-8,11,13-21,68H2,1H3. The number of ketones is 1. The summed E-state index contributed by atoms with van der Waals surface area (Å²) in [5.41, 5.74) is 9.38. The van der Waals surface area contributed by atoms with Crippen molar-refractivity contribution in [3.63, 3.8) is 0 Å². The third-order valence-electron chi connectivity index (χ3n) is 21.0. The summed E-state index contributed by atoms with van der Waals surface area (Å²) in [6.45, 7) is -3.12. The van der Waals surface area contributed by atoms with Crippen molar-refractivity contribution in [3.05, 3.63) is 55.9 Å². The van der Waals surface area contributed by atoms with Crippen LogP contribution in [-0.4, -0.2) is 373 Å². The molecule has 24 aliphatic heterocycles. The highest BCUT2D eigenvalue weighted by atomic mass is 32.1. The number of ether oxygens (including phenoxy) is 14.